The third-order valence-electron chi connectivity index (χ3n) is 4.18. The van der Waals surface area contributed by atoms with E-state index in [1.54, 1.807) is 18.7 Å². The highest BCUT2D eigenvalue weighted by atomic mass is 32.2. The number of nitrogens with zero attached hydrogens (tertiary/aromatic N) is 2. The van der Waals surface area contributed by atoms with Crippen LogP contribution in [0.3, 0.4) is 0 Å². The Labute approximate surface area is 135 Å². The van der Waals surface area contributed by atoms with Gasteiger partial charge in [0.2, 0.25) is 0 Å². The second kappa shape index (κ2) is 5.31. The fraction of sp³-hybridized carbons (Fsp3) is 0.467. The number of fused-ring (bicyclic) bond motifs is 1. The Kier molecular flexibility index (Phi) is 3.68. The van der Waals surface area contributed by atoms with Gasteiger partial charge in [0.1, 0.15) is 4.90 Å². The third-order valence-corrected chi connectivity index (χ3v) is 6.18. The molecule has 0 radical (unpaired) electrons. The van der Waals surface area contributed by atoms with Crippen molar-refractivity contribution >= 4 is 21.8 Å². The molecule has 124 valence electrons. The molecule has 1 aromatic carbocycles. The topological polar surface area (TPSA) is 101 Å². The summed E-state index contributed by atoms with van der Waals surface area (Å²) in [5.74, 6) is -0.802. The van der Waals surface area contributed by atoms with E-state index in [4.69, 9.17) is 5.73 Å². The lowest BCUT2D eigenvalue weighted by molar-refractivity contribution is 0.0788. The zero-order valence-electron chi connectivity index (χ0n) is 13.0. The molecule has 23 heavy (non-hydrogen) atoms. The monoisotopic (exact) mass is 337 g/mol. The quantitative estimate of drug-likeness (QED) is 0.842. The zero-order valence-corrected chi connectivity index (χ0v) is 13.8. The minimum absolute atomic E-state index is 0.0462. The van der Waals surface area contributed by atoms with E-state index in [0.29, 0.717) is 13.1 Å². The lowest BCUT2D eigenvalue weighted by Crippen LogP contribution is -2.36. The maximum absolute atomic E-state index is 12.5. The molecule has 3 rings (SSSR count). The van der Waals surface area contributed by atoms with Crippen molar-refractivity contribution in [2.24, 2.45) is 5.73 Å². The van der Waals surface area contributed by atoms with Gasteiger partial charge in [-0.2, -0.15) is 0 Å². The molecule has 0 spiro atoms. The predicted octanol–water partition coefficient (Wildman–Crippen LogP) is 0.413. The molecule has 2 N–H and O–H groups in total. The Balaban J connectivity index is 2.00. The van der Waals surface area contributed by atoms with Gasteiger partial charge in [-0.25, -0.2) is 12.7 Å². The van der Waals surface area contributed by atoms with Gasteiger partial charge in [-0.05, 0) is 38.5 Å². The first-order valence-electron chi connectivity index (χ1n) is 7.51. The summed E-state index contributed by atoms with van der Waals surface area (Å²) in [6.07, 6.45) is 0.731. The summed E-state index contributed by atoms with van der Waals surface area (Å²) in [4.78, 5) is 26.3. The van der Waals surface area contributed by atoms with Gasteiger partial charge in [-0.15, -0.1) is 0 Å². The molecular formula is C15H19N3O4S. The van der Waals surface area contributed by atoms with E-state index in [1.807, 2.05) is 0 Å². The molecule has 1 fully saturated rings. The van der Waals surface area contributed by atoms with Crippen LogP contribution in [0.15, 0.2) is 23.1 Å². The molecule has 0 bridgehead atoms. The largest absolute Gasteiger partial charge is 0.337 e. The molecule has 2 heterocycles. The number of hydrogen-bond donors (Lipinski definition) is 1. The average Bonchev–Trinajstić information content (AvgIpc) is 2.99. The number of likely N-dealkylation sites (tertiary alicyclic amines) is 1. The molecule has 8 heteroatoms. The van der Waals surface area contributed by atoms with Crippen LogP contribution in [0.25, 0.3) is 0 Å². The van der Waals surface area contributed by atoms with Gasteiger partial charge >= 0.3 is 0 Å². The molecule has 1 atom stereocenters. The molecule has 0 aromatic heterocycles. The fourth-order valence-corrected chi connectivity index (χ4v) is 4.84. The van der Waals surface area contributed by atoms with Gasteiger partial charge in [0.15, 0.2) is 0 Å². The van der Waals surface area contributed by atoms with E-state index in [2.05, 4.69) is 0 Å². The van der Waals surface area contributed by atoms with Crippen LogP contribution in [0.5, 0.6) is 0 Å². The molecule has 0 saturated carbocycles. The van der Waals surface area contributed by atoms with Crippen molar-refractivity contribution in [2.75, 3.05) is 13.1 Å². The number of nitrogens with two attached hydrogens (primary N) is 1. The minimum Gasteiger partial charge on any atom is -0.337 e. The van der Waals surface area contributed by atoms with Crippen LogP contribution in [0.4, 0.5) is 0 Å². The smallest absolute Gasteiger partial charge is 0.269 e. The van der Waals surface area contributed by atoms with Crippen LogP contribution in [0.1, 0.15) is 41.0 Å². The maximum Gasteiger partial charge on any atom is 0.269 e. The summed E-state index contributed by atoms with van der Waals surface area (Å²) in [6, 6.07) is 3.70. The summed E-state index contributed by atoms with van der Waals surface area (Å²) >= 11 is 0. The molecule has 2 aliphatic heterocycles. The Hall–Kier alpha value is -1.93. The summed E-state index contributed by atoms with van der Waals surface area (Å²) in [7, 11) is -3.90. The third kappa shape index (κ3) is 2.42. The first-order chi connectivity index (χ1) is 10.7. The summed E-state index contributed by atoms with van der Waals surface area (Å²) in [5, 5.41) is 0. The van der Waals surface area contributed by atoms with Crippen LogP contribution in [-0.4, -0.2) is 54.6 Å². The number of carbonyl (C=O) groups is 2. The van der Waals surface area contributed by atoms with Gasteiger partial charge in [-0.3, -0.25) is 9.59 Å². The molecule has 2 amide bonds. The van der Waals surface area contributed by atoms with Crippen molar-refractivity contribution in [3.8, 4) is 0 Å². The summed E-state index contributed by atoms with van der Waals surface area (Å²) < 4.78 is 25.9. The van der Waals surface area contributed by atoms with Gasteiger partial charge in [0, 0.05) is 30.7 Å². The molecule has 2 aliphatic rings. The van der Waals surface area contributed by atoms with Gasteiger partial charge < -0.3 is 10.6 Å². The highest BCUT2D eigenvalue weighted by Gasteiger charge is 2.43. The maximum atomic E-state index is 12.5. The van der Waals surface area contributed by atoms with Crippen molar-refractivity contribution in [1.29, 1.82) is 0 Å². The SMILES string of the molecule is CC(C)N1C(=O)c2ccc(C(=O)N3CC[C@@H](N)C3)cc2S1(=O)=O. The van der Waals surface area contributed by atoms with Gasteiger partial charge in [-0.1, -0.05) is 0 Å². The first kappa shape index (κ1) is 15.9. The number of carbonyl (C=O) groups excluding carboxylic acids is 2. The first-order valence-corrected chi connectivity index (χ1v) is 8.95. The average molecular weight is 337 g/mol. The number of hydrogen-bond acceptors (Lipinski definition) is 5. The molecule has 7 nitrogen and oxygen atoms in total. The summed E-state index contributed by atoms with van der Waals surface area (Å²) in [6.45, 7) is 4.29. The van der Waals surface area contributed by atoms with Crippen LogP contribution >= 0.6 is 0 Å². The summed E-state index contributed by atoms with van der Waals surface area (Å²) in [5.41, 5.74) is 6.19. The zero-order chi connectivity index (χ0) is 16.9. The van der Waals surface area contributed by atoms with Gasteiger partial charge in [0.05, 0.1) is 5.56 Å². The standard InChI is InChI=1S/C15H19N3O4S/c1-9(2)18-15(20)12-4-3-10(7-13(12)23(18,21)22)14(19)17-6-5-11(16)8-17/h3-4,7,9,11H,5-6,8,16H2,1-2H3/t11-/m1/s1. The lowest BCUT2D eigenvalue weighted by Gasteiger charge is -2.19. The Bertz CT molecular complexity index is 788. The van der Waals surface area contributed by atoms with Crippen LogP contribution in [0, 0.1) is 0 Å². The van der Waals surface area contributed by atoms with E-state index >= 15 is 0 Å². The highest BCUT2D eigenvalue weighted by molar-refractivity contribution is 7.90. The van der Waals surface area contributed by atoms with Crippen LogP contribution in [-0.2, 0) is 10.0 Å². The number of sulfonamides is 1. The second-order valence-electron chi connectivity index (χ2n) is 6.21. The molecule has 1 aromatic rings. The number of rotatable bonds is 2. The number of amides is 2. The molecule has 0 aliphatic carbocycles. The van der Waals surface area contributed by atoms with E-state index in [0.717, 1.165) is 10.7 Å². The predicted molar refractivity (Wildman–Crippen MR) is 83.4 cm³/mol. The van der Waals surface area contributed by atoms with Crippen LogP contribution < -0.4 is 5.73 Å². The van der Waals surface area contributed by atoms with Crippen molar-refractivity contribution in [1.82, 2.24) is 9.21 Å². The second-order valence-corrected chi connectivity index (χ2v) is 7.99. The molecule has 0 unspecified atom stereocenters. The minimum atomic E-state index is -3.90. The van der Waals surface area contributed by atoms with E-state index in [9.17, 15) is 18.0 Å². The van der Waals surface area contributed by atoms with E-state index < -0.39 is 22.0 Å². The Morgan fingerprint density at radius 1 is 1.35 bits per heavy atom. The highest BCUT2D eigenvalue weighted by Crippen LogP contribution is 2.33. The van der Waals surface area contributed by atoms with Crippen molar-refractivity contribution in [3.63, 3.8) is 0 Å². The normalized spacial score (nSPS) is 22.8. The molecular weight excluding hydrogens is 318 g/mol. The van der Waals surface area contributed by atoms with E-state index in [1.165, 1.54) is 18.2 Å². The number of benzene rings is 1. The Morgan fingerprint density at radius 3 is 2.61 bits per heavy atom. The Morgan fingerprint density at radius 2 is 2.04 bits per heavy atom. The molecule has 1 saturated heterocycles. The van der Waals surface area contributed by atoms with Crippen molar-refractivity contribution in [3.05, 3.63) is 29.3 Å². The van der Waals surface area contributed by atoms with Gasteiger partial charge in [0.25, 0.3) is 21.8 Å². The fourth-order valence-electron chi connectivity index (χ4n) is 3.05. The van der Waals surface area contributed by atoms with Crippen molar-refractivity contribution < 1.29 is 18.0 Å². The lowest BCUT2D eigenvalue weighted by atomic mass is 10.1. The van der Waals surface area contributed by atoms with E-state index in [-0.39, 0.29) is 28.0 Å². The van der Waals surface area contributed by atoms with Crippen LogP contribution in [0.2, 0.25) is 0 Å². The van der Waals surface area contributed by atoms with Crippen molar-refractivity contribution in [2.45, 2.75) is 37.2 Å².